The van der Waals surface area contributed by atoms with E-state index in [0.717, 1.165) is 0 Å². The van der Waals surface area contributed by atoms with Crippen molar-refractivity contribution in [3.8, 4) is 0 Å². The lowest BCUT2D eigenvalue weighted by atomic mass is 9.93. The summed E-state index contributed by atoms with van der Waals surface area (Å²) in [4.78, 5) is 24.8. The van der Waals surface area contributed by atoms with Crippen LogP contribution in [0.1, 0.15) is 11.1 Å². The van der Waals surface area contributed by atoms with Crippen LogP contribution in [0.5, 0.6) is 0 Å². The normalized spacial score (nSPS) is 10.9. The van der Waals surface area contributed by atoms with Crippen molar-refractivity contribution in [1.82, 2.24) is 4.98 Å². The molecule has 0 bridgehead atoms. The van der Waals surface area contributed by atoms with E-state index in [4.69, 9.17) is 0 Å². The summed E-state index contributed by atoms with van der Waals surface area (Å²) in [6.07, 6.45) is 2.58. The molecule has 0 N–H and O–H groups in total. The summed E-state index contributed by atoms with van der Waals surface area (Å²) in [7, 11) is 0. The van der Waals surface area contributed by atoms with Crippen LogP contribution < -0.4 is 0 Å². The number of rotatable bonds is 4. The standard InChI is InChI=1S/C12H9N3O4/c16-14(17)12(15(18)19,10-4-2-1-3-5-10)11-6-8-13-9-7-11/h1-9H. The second-order valence-corrected chi connectivity index (χ2v) is 3.79. The fourth-order valence-corrected chi connectivity index (χ4v) is 1.91. The molecular formula is C12H9N3O4. The zero-order valence-corrected chi connectivity index (χ0v) is 9.67. The molecule has 19 heavy (non-hydrogen) atoms. The van der Waals surface area contributed by atoms with Gasteiger partial charge in [-0.2, -0.15) is 0 Å². The molecule has 2 aromatic rings. The van der Waals surface area contributed by atoms with Crippen LogP contribution in [0.15, 0.2) is 54.9 Å². The molecule has 0 aliphatic carbocycles. The molecular weight excluding hydrogens is 250 g/mol. The molecule has 1 aromatic heterocycles. The highest BCUT2D eigenvalue weighted by Crippen LogP contribution is 2.33. The van der Waals surface area contributed by atoms with Gasteiger partial charge in [-0.3, -0.25) is 25.2 Å². The lowest BCUT2D eigenvalue weighted by molar-refractivity contribution is -0.796. The van der Waals surface area contributed by atoms with E-state index in [9.17, 15) is 20.2 Å². The molecule has 0 radical (unpaired) electrons. The van der Waals surface area contributed by atoms with Gasteiger partial charge in [0.05, 0.1) is 0 Å². The van der Waals surface area contributed by atoms with E-state index in [1.165, 1.54) is 48.8 Å². The molecule has 0 atom stereocenters. The molecule has 7 nitrogen and oxygen atoms in total. The second kappa shape index (κ2) is 4.81. The Balaban J connectivity index is 2.77. The summed E-state index contributed by atoms with van der Waals surface area (Å²) in [5.41, 5.74) is -2.55. The zero-order valence-electron chi connectivity index (χ0n) is 9.67. The van der Waals surface area contributed by atoms with Crippen LogP contribution in [-0.2, 0) is 5.66 Å². The Hall–Kier alpha value is -2.83. The minimum Gasteiger partial charge on any atom is -0.265 e. The molecule has 0 aliphatic rings. The molecule has 0 spiro atoms. The summed E-state index contributed by atoms with van der Waals surface area (Å²) in [5, 5.41) is 22.8. The van der Waals surface area contributed by atoms with Gasteiger partial charge in [-0.1, -0.05) is 18.2 Å². The predicted octanol–water partition coefficient (Wildman–Crippen LogP) is 1.84. The molecule has 96 valence electrons. The third-order valence-electron chi connectivity index (χ3n) is 2.79. The Kier molecular flexibility index (Phi) is 3.19. The highest BCUT2D eigenvalue weighted by Gasteiger charge is 2.59. The fraction of sp³-hybridized carbons (Fsp3) is 0.0833. The Morgan fingerprint density at radius 3 is 1.79 bits per heavy atom. The van der Waals surface area contributed by atoms with E-state index in [1.807, 2.05) is 0 Å². The molecule has 0 unspecified atom stereocenters. The first-order valence-electron chi connectivity index (χ1n) is 5.35. The van der Waals surface area contributed by atoms with Gasteiger partial charge in [-0.05, 0) is 24.3 Å². The summed E-state index contributed by atoms with van der Waals surface area (Å²) in [5.74, 6) is 0. The Bertz CT molecular complexity index is 545. The number of nitro groups is 2. The number of aromatic nitrogens is 1. The van der Waals surface area contributed by atoms with Crippen LogP contribution in [0.25, 0.3) is 0 Å². The zero-order chi connectivity index (χ0) is 13.9. The van der Waals surface area contributed by atoms with E-state index >= 15 is 0 Å². The molecule has 0 fully saturated rings. The number of hydrogen-bond acceptors (Lipinski definition) is 5. The number of hydrogen-bond donors (Lipinski definition) is 0. The Morgan fingerprint density at radius 2 is 1.32 bits per heavy atom. The molecule has 1 heterocycles. The van der Waals surface area contributed by atoms with Crippen molar-refractivity contribution in [1.29, 1.82) is 0 Å². The molecule has 7 heteroatoms. The van der Waals surface area contributed by atoms with Crippen LogP contribution in [0.3, 0.4) is 0 Å². The third-order valence-corrected chi connectivity index (χ3v) is 2.79. The van der Waals surface area contributed by atoms with Crippen LogP contribution in [0.4, 0.5) is 0 Å². The smallest absolute Gasteiger partial charge is 0.265 e. The van der Waals surface area contributed by atoms with Crippen molar-refractivity contribution in [3.05, 3.63) is 86.2 Å². The maximum Gasteiger partial charge on any atom is 0.510 e. The largest absolute Gasteiger partial charge is 0.510 e. The molecule has 0 saturated heterocycles. The van der Waals surface area contributed by atoms with E-state index in [2.05, 4.69) is 4.98 Å². The monoisotopic (exact) mass is 259 g/mol. The number of benzene rings is 1. The second-order valence-electron chi connectivity index (χ2n) is 3.79. The van der Waals surface area contributed by atoms with Crippen LogP contribution >= 0.6 is 0 Å². The SMILES string of the molecule is O=[N+]([O-])C(c1ccccc1)(c1ccncc1)[N+](=O)[O-]. The molecule has 1 aromatic carbocycles. The van der Waals surface area contributed by atoms with E-state index in [1.54, 1.807) is 6.07 Å². The summed E-state index contributed by atoms with van der Waals surface area (Å²) < 4.78 is 0. The average Bonchev–Trinajstić information content (AvgIpc) is 2.41. The maximum atomic E-state index is 11.4. The molecule has 2 rings (SSSR count). The van der Waals surface area contributed by atoms with Crippen molar-refractivity contribution in [3.63, 3.8) is 0 Å². The van der Waals surface area contributed by atoms with Gasteiger partial charge in [0.25, 0.3) is 0 Å². The maximum absolute atomic E-state index is 11.4. The number of pyridine rings is 1. The topological polar surface area (TPSA) is 99.2 Å². The van der Waals surface area contributed by atoms with E-state index in [0.29, 0.717) is 0 Å². The highest BCUT2D eigenvalue weighted by atomic mass is 16.7. The van der Waals surface area contributed by atoms with Gasteiger partial charge in [0.15, 0.2) is 0 Å². The minimum atomic E-state index is -2.51. The van der Waals surface area contributed by atoms with Gasteiger partial charge < -0.3 is 0 Å². The van der Waals surface area contributed by atoms with Crippen molar-refractivity contribution in [2.75, 3.05) is 0 Å². The van der Waals surface area contributed by atoms with E-state index < -0.39 is 15.5 Å². The van der Waals surface area contributed by atoms with Crippen molar-refractivity contribution in [2.24, 2.45) is 0 Å². The molecule has 0 aliphatic heterocycles. The predicted molar refractivity (Wildman–Crippen MR) is 65.4 cm³/mol. The van der Waals surface area contributed by atoms with Gasteiger partial charge in [-0.25, -0.2) is 0 Å². The fourth-order valence-electron chi connectivity index (χ4n) is 1.91. The quantitative estimate of drug-likeness (QED) is 0.473. The minimum absolute atomic E-state index is 0.00352. The molecule has 0 amide bonds. The molecule has 0 saturated carbocycles. The first kappa shape index (κ1) is 12.6. The Labute approximate surface area is 107 Å². The van der Waals surface area contributed by atoms with Crippen LogP contribution in [0, 0.1) is 20.2 Å². The van der Waals surface area contributed by atoms with Gasteiger partial charge in [0, 0.05) is 12.4 Å². The number of nitrogens with zero attached hydrogens (tertiary/aromatic N) is 3. The van der Waals surface area contributed by atoms with Crippen LogP contribution in [-0.4, -0.2) is 14.8 Å². The van der Waals surface area contributed by atoms with Crippen molar-refractivity contribution >= 4 is 0 Å². The third kappa shape index (κ3) is 1.90. The first-order valence-corrected chi connectivity index (χ1v) is 5.35. The summed E-state index contributed by atoms with van der Waals surface area (Å²) >= 11 is 0. The summed E-state index contributed by atoms with van der Waals surface area (Å²) in [6.45, 7) is 0. The van der Waals surface area contributed by atoms with E-state index in [-0.39, 0.29) is 11.1 Å². The lowest BCUT2D eigenvalue weighted by Crippen LogP contribution is -2.44. The van der Waals surface area contributed by atoms with Crippen molar-refractivity contribution < 1.29 is 9.85 Å². The lowest BCUT2D eigenvalue weighted by Gasteiger charge is -2.17. The first-order chi connectivity index (χ1) is 9.10. The Morgan fingerprint density at radius 1 is 0.842 bits per heavy atom. The van der Waals surface area contributed by atoms with Gasteiger partial charge in [0.1, 0.15) is 21.0 Å². The van der Waals surface area contributed by atoms with Crippen LogP contribution in [0.2, 0.25) is 0 Å². The van der Waals surface area contributed by atoms with Gasteiger partial charge in [-0.15, -0.1) is 0 Å². The average molecular weight is 259 g/mol. The van der Waals surface area contributed by atoms with Crippen molar-refractivity contribution in [2.45, 2.75) is 5.66 Å². The van der Waals surface area contributed by atoms with Gasteiger partial charge >= 0.3 is 5.66 Å². The highest BCUT2D eigenvalue weighted by molar-refractivity contribution is 5.31. The summed E-state index contributed by atoms with van der Waals surface area (Å²) in [6, 6.07) is 9.98. The van der Waals surface area contributed by atoms with Gasteiger partial charge in [0.2, 0.25) is 0 Å².